The molecule has 6 aromatic carbocycles. The van der Waals surface area contributed by atoms with Gasteiger partial charge in [0, 0.05) is 38.0 Å². The Kier molecular flexibility index (Phi) is 4.37. The zero-order chi connectivity index (χ0) is 27.1. The predicted molar refractivity (Wildman–Crippen MR) is 167 cm³/mol. The summed E-state index contributed by atoms with van der Waals surface area (Å²) in [5.74, 6) is 0. The Hall–Kier alpha value is -5.79. The van der Waals surface area contributed by atoms with E-state index in [2.05, 4.69) is 118 Å². The third kappa shape index (κ3) is 2.98. The molecule has 0 saturated carbocycles. The van der Waals surface area contributed by atoms with E-state index in [0.717, 1.165) is 66.2 Å². The molecule has 0 unspecified atom stereocenters. The van der Waals surface area contributed by atoms with Gasteiger partial charge in [0.15, 0.2) is 5.58 Å². The largest absolute Gasteiger partial charge is 0.454 e. The maximum atomic E-state index is 9.55. The van der Waals surface area contributed by atoms with Gasteiger partial charge in [0.05, 0.1) is 39.4 Å². The van der Waals surface area contributed by atoms with E-state index in [1.165, 1.54) is 10.8 Å². The summed E-state index contributed by atoms with van der Waals surface area (Å²) in [5, 5.41) is 16.4. The Bertz CT molecular complexity index is 2550. The number of hydrogen-bond acceptors (Lipinski definition) is 2. The molecule has 9 aromatic rings. The molecule has 0 aliphatic rings. The second kappa shape index (κ2) is 8.11. The van der Waals surface area contributed by atoms with Crippen LogP contribution in [0.3, 0.4) is 0 Å². The van der Waals surface area contributed by atoms with Gasteiger partial charge in [-0.1, -0.05) is 66.7 Å². The van der Waals surface area contributed by atoms with Crippen LogP contribution in [0.4, 0.5) is 0 Å². The molecule has 3 aromatic heterocycles. The quantitative estimate of drug-likeness (QED) is 0.226. The normalized spacial score (nSPS) is 11.9. The average Bonchev–Trinajstić information content (AvgIpc) is 3.68. The fourth-order valence-electron chi connectivity index (χ4n) is 6.59. The highest BCUT2D eigenvalue weighted by molar-refractivity contribution is 6.14. The van der Waals surface area contributed by atoms with Crippen molar-refractivity contribution in [1.82, 2.24) is 9.13 Å². The minimum Gasteiger partial charge on any atom is -0.454 e. The van der Waals surface area contributed by atoms with Crippen molar-refractivity contribution >= 4 is 65.6 Å². The van der Waals surface area contributed by atoms with Gasteiger partial charge in [-0.25, -0.2) is 0 Å². The summed E-state index contributed by atoms with van der Waals surface area (Å²) in [7, 11) is 0. The van der Waals surface area contributed by atoms with Gasteiger partial charge >= 0.3 is 0 Å². The Labute approximate surface area is 234 Å². The Morgan fingerprint density at radius 3 is 1.90 bits per heavy atom. The predicted octanol–water partition coefficient (Wildman–Crippen LogP) is 9.65. The van der Waals surface area contributed by atoms with E-state index in [4.69, 9.17) is 4.42 Å². The minimum absolute atomic E-state index is 0.665. The molecule has 4 nitrogen and oxygen atoms in total. The molecule has 0 radical (unpaired) electrons. The van der Waals surface area contributed by atoms with E-state index in [1.807, 2.05) is 24.3 Å². The molecular weight excluding hydrogens is 502 g/mol. The van der Waals surface area contributed by atoms with Crippen LogP contribution < -0.4 is 0 Å². The van der Waals surface area contributed by atoms with Crippen molar-refractivity contribution in [1.29, 1.82) is 5.26 Å². The molecule has 0 aliphatic heterocycles. The first-order chi connectivity index (χ1) is 20.3. The van der Waals surface area contributed by atoms with Crippen molar-refractivity contribution in [2.24, 2.45) is 0 Å². The molecule has 190 valence electrons. The fourth-order valence-corrected chi connectivity index (χ4v) is 6.59. The zero-order valence-electron chi connectivity index (χ0n) is 21.9. The van der Waals surface area contributed by atoms with Gasteiger partial charge in [-0.05, 0) is 60.7 Å². The molecule has 41 heavy (non-hydrogen) atoms. The van der Waals surface area contributed by atoms with Crippen molar-refractivity contribution in [3.63, 3.8) is 0 Å². The van der Waals surface area contributed by atoms with Gasteiger partial charge in [0.2, 0.25) is 0 Å². The van der Waals surface area contributed by atoms with E-state index in [9.17, 15) is 5.26 Å². The van der Waals surface area contributed by atoms with Gasteiger partial charge in [0.1, 0.15) is 5.58 Å². The van der Waals surface area contributed by atoms with Crippen LogP contribution in [0.25, 0.3) is 76.9 Å². The van der Waals surface area contributed by atoms with E-state index in [0.29, 0.717) is 5.56 Å². The van der Waals surface area contributed by atoms with Crippen LogP contribution in [0.2, 0.25) is 0 Å². The van der Waals surface area contributed by atoms with Crippen LogP contribution >= 0.6 is 0 Å². The summed E-state index contributed by atoms with van der Waals surface area (Å²) in [6, 6.07) is 46.5. The van der Waals surface area contributed by atoms with Crippen LogP contribution in [0.1, 0.15) is 5.56 Å². The summed E-state index contributed by atoms with van der Waals surface area (Å²) < 4.78 is 11.1. The fraction of sp³-hybridized carbons (Fsp3) is 0. The van der Waals surface area contributed by atoms with Crippen LogP contribution in [0.15, 0.2) is 132 Å². The molecule has 0 saturated heterocycles. The van der Waals surface area contributed by atoms with Crippen molar-refractivity contribution in [3.05, 3.63) is 133 Å². The van der Waals surface area contributed by atoms with E-state index in [1.54, 1.807) is 0 Å². The standard InChI is InChI=1S/C37H21N3O/c38-22-23-16-18-33-29(20-23)25-8-1-4-12-31(25)39(33)24-17-19-34-30(21-24)26-9-2-5-13-32(26)40(34)35-14-7-11-28-27-10-3-6-15-36(27)41-37(28)35/h1-21H. The van der Waals surface area contributed by atoms with Crippen LogP contribution in [0, 0.1) is 11.3 Å². The number of nitriles is 1. The first-order valence-electron chi connectivity index (χ1n) is 13.7. The summed E-state index contributed by atoms with van der Waals surface area (Å²) in [6.07, 6.45) is 0. The second-order valence-electron chi connectivity index (χ2n) is 10.5. The maximum Gasteiger partial charge on any atom is 0.159 e. The molecule has 0 atom stereocenters. The summed E-state index contributed by atoms with van der Waals surface area (Å²) >= 11 is 0. The van der Waals surface area contributed by atoms with Gasteiger partial charge < -0.3 is 13.6 Å². The van der Waals surface area contributed by atoms with Gasteiger partial charge in [-0.2, -0.15) is 5.26 Å². The van der Waals surface area contributed by atoms with Crippen molar-refractivity contribution in [2.45, 2.75) is 0 Å². The summed E-state index contributed by atoms with van der Waals surface area (Å²) in [4.78, 5) is 0. The van der Waals surface area contributed by atoms with Gasteiger partial charge in [-0.3, -0.25) is 0 Å². The Morgan fingerprint density at radius 2 is 1.10 bits per heavy atom. The highest BCUT2D eigenvalue weighted by Crippen LogP contribution is 2.39. The number of nitrogens with zero attached hydrogens (tertiary/aromatic N) is 3. The first kappa shape index (κ1) is 22.1. The molecule has 0 aliphatic carbocycles. The van der Waals surface area contributed by atoms with Crippen LogP contribution in [-0.4, -0.2) is 9.13 Å². The van der Waals surface area contributed by atoms with Crippen LogP contribution in [0.5, 0.6) is 0 Å². The molecule has 0 fully saturated rings. The third-order valence-electron chi connectivity index (χ3n) is 8.34. The molecular formula is C37H21N3O. The smallest absolute Gasteiger partial charge is 0.159 e. The number of hydrogen-bond donors (Lipinski definition) is 0. The summed E-state index contributed by atoms with van der Waals surface area (Å²) in [6.45, 7) is 0. The maximum absolute atomic E-state index is 9.55. The number of aromatic nitrogens is 2. The lowest BCUT2D eigenvalue weighted by Gasteiger charge is -2.10. The molecule has 9 rings (SSSR count). The van der Waals surface area contributed by atoms with Crippen molar-refractivity contribution in [2.75, 3.05) is 0 Å². The average molecular weight is 524 g/mol. The van der Waals surface area contributed by atoms with Crippen molar-refractivity contribution in [3.8, 4) is 17.4 Å². The Morgan fingerprint density at radius 1 is 0.488 bits per heavy atom. The van der Waals surface area contributed by atoms with E-state index < -0.39 is 0 Å². The SMILES string of the molecule is N#Cc1ccc2c(c1)c1ccccc1n2-c1ccc2c(c1)c1ccccc1n2-c1cccc2c1oc1ccccc12. The number of furan rings is 1. The molecule has 3 heterocycles. The summed E-state index contributed by atoms with van der Waals surface area (Å²) in [5.41, 5.74) is 9.01. The topological polar surface area (TPSA) is 46.8 Å². The Balaban J connectivity index is 1.36. The molecule has 4 heteroatoms. The molecule has 0 N–H and O–H groups in total. The number of benzene rings is 6. The monoisotopic (exact) mass is 523 g/mol. The van der Waals surface area contributed by atoms with E-state index in [-0.39, 0.29) is 0 Å². The highest BCUT2D eigenvalue weighted by atomic mass is 16.3. The lowest BCUT2D eigenvalue weighted by Crippen LogP contribution is -1.96. The highest BCUT2D eigenvalue weighted by Gasteiger charge is 2.19. The lowest BCUT2D eigenvalue weighted by molar-refractivity contribution is 0.666. The number of rotatable bonds is 2. The number of para-hydroxylation sites is 4. The third-order valence-corrected chi connectivity index (χ3v) is 8.34. The zero-order valence-corrected chi connectivity index (χ0v) is 21.9. The van der Waals surface area contributed by atoms with Gasteiger partial charge in [-0.15, -0.1) is 0 Å². The molecule has 0 bridgehead atoms. The number of fused-ring (bicyclic) bond motifs is 9. The molecule has 0 amide bonds. The van der Waals surface area contributed by atoms with E-state index >= 15 is 0 Å². The second-order valence-corrected chi connectivity index (χ2v) is 10.5. The first-order valence-corrected chi connectivity index (χ1v) is 13.7. The van der Waals surface area contributed by atoms with Crippen molar-refractivity contribution < 1.29 is 4.42 Å². The van der Waals surface area contributed by atoms with Gasteiger partial charge in [0.25, 0.3) is 0 Å². The molecule has 0 spiro atoms. The lowest BCUT2D eigenvalue weighted by atomic mass is 10.1. The minimum atomic E-state index is 0.665. The van der Waals surface area contributed by atoms with Crippen LogP contribution in [-0.2, 0) is 0 Å².